The zero-order valence-corrected chi connectivity index (χ0v) is 15.3. The second-order valence-electron chi connectivity index (χ2n) is 6.42. The molecular weight excluding hydrogens is 382 g/mol. The van der Waals surface area contributed by atoms with Gasteiger partial charge in [-0.1, -0.05) is 23.4 Å². The summed E-state index contributed by atoms with van der Waals surface area (Å²) in [5, 5.41) is 7.99. The molecule has 10 heteroatoms. The van der Waals surface area contributed by atoms with Crippen molar-refractivity contribution in [3.05, 3.63) is 59.2 Å². The Balaban J connectivity index is 1.45. The number of aryl methyl sites for hydroxylation is 1. The predicted octanol–water partition coefficient (Wildman–Crippen LogP) is 3.76. The van der Waals surface area contributed by atoms with E-state index in [4.69, 9.17) is 20.5 Å². The normalized spacial score (nSPS) is 17.0. The van der Waals surface area contributed by atoms with Crippen LogP contribution in [-0.4, -0.2) is 26.0 Å². The molecule has 5 heterocycles. The van der Waals surface area contributed by atoms with Gasteiger partial charge >= 0.3 is 6.01 Å². The Kier molecular flexibility index (Phi) is 3.01. The Morgan fingerprint density at radius 1 is 1.14 bits per heavy atom. The van der Waals surface area contributed by atoms with Crippen molar-refractivity contribution in [3.8, 4) is 17.3 Å². The standard InChI is InChI=1S/C18H12ClN7O2/c1-10-6-7-13(27-10)15-22-18(28-23-15)24-9-21-16-11-4-2-3-5-12(11)25-14(26(16)24)8-20-17(25)19/h2-9,16H,1H3. The van der Waals surface area contributed by atoms with Gasteiger partial charge in [0.1, 0.15) is 12.1 Å². The van der Waals surface area contributed by atoms with E-state index in [9.17, 15) is 0 Å². The smallest absolute Gasteiger partial charge is 0.349 e. The number of halogens is 1. The van der Waals surface area contributed by atoms with Gasteiger partial charge in [-0.15, -0.1) is 0 Å². The van der Waals surface area contributed by atoms with Crippen LogP contribution in [-0.2, 0) is 0 Å². The molecule has 0 bridgehead atoms. The fourth-order valence-electron chi connectivity index (χ4n) is 3.53. The molecule has 6 rings (SSSR count). The first-order chi connectivity index (χ1) is 13.7. The lowest BCUT2D eigenvalue weighted by molar-refractivity contribution is 0.418. The number of imidazole rings is 1. The molecule has 2 aliphatic heterocycles. The van der Waals surface area contributed by atoms with Crippen molar-refractivity contribution in [2.45, 2.75) is 13.1 Å². The summed E-state index contributed by atoms with van der Waals surface area (Å²) in [4.78, 5) is 13.4. The topological polar surface area (TPSA) is 88.7 Å². The molecule has 0 radical (unpaired) electrons. The monoisotopic (exact) mass is 393 g/mol. The summed E-state index contributed by atoms with van der Waals surface area (Å²) in [7, 11) is 0. The number of furan rings is 1. The van der Waals surface area contributed by atoms with Crippen LogP contribution in [0.1, 0.15) is 17.5 Å². The molecule has 1 atom stereocenters. The molecule has 0 fully saturated rings. The van der Waals surface area contributed by atoms with Gasteiger partial charge in [-0.3, -0.25) is 4.57 Å². The van der Waals surface area contributed by atoms with Gasteiger partial charge in [-0.2, -0.15) is 9.99 Å². The van der Waals surface area contributed by atoms with E-state index in [0.29, 0.717) is 16.9 Å². The van der Waals surface area contributed by atoms with Gasteiger partial charge in [-0.05, 0) is 36.7 Å². The van der Waals surface area contributed by atoms with Gasteiger partial charge in [0.25, 0.3) is 0 Å². The van der Waals surface area contributed by atoms with Crippen molar-refractivity contribution < 1.29 is 8.94 Å². The number of fused-ring (bicyclic) bond motifs is 6. The molecular formula is C18H12ClN7O2. The number of anilines is 2. The van der Waals surface area contributed by atoms with E-state index < -0.39 is 0 Å². The lowest BCUT2D eigenvalue weighted by atomic mass is 10.1. The van der Waals surface area contributed by atoms with Crippen molar-refractivity contribution in [3.63, 3.8) is 0 Å². The molecule has 0 saturated carbocycles. The SMILES string of the molecule is Cc1ccc(-c2noc(N3C=NC4c5ccccc5-n5c(cnc5Cl)N43)n2)o1. The molecule has 0 N–H and O–H groups in total. The zero-order valence-electron chi connectivity index (χ0n) is 14.5. The van der Waals surface area contributed by atoms with E-state index >= 15 is 0 Å². The van der Waals surface area contributed by atoms with Gasteiger partial charge in [0, 0.05) is 5.56 Å². The summed E-state index contributed by atoms with van der Waals surface area (Å²) in [6.45, 7) is 1.86. The number of benzene rings is 1. The van der Waals surface area contributed by atoms with E-state index in [1.54, 1.807) is 23.6 Å². The van der Waals surface area contributed by atoms with Crippen LogP contribution in [0.15, 0.2) is 56.5 Å². The van der Waals surface area contributed by atoms with E-state index in [1.807, 2.05) is 46.8 Å². The van der Waals surface area contributed by atoms with Crippen LogP contribution < -0.4 is 10.0 Å². The second-order valence-corrected chi connectivity index (χ2v) is 6.76. The maximum absolute atomic E-state index is 6.36. The third-order valence-electron chi connectivity index (χ3n) is 4.74. The largest absolute Gasteiger partial charge is 0.458 e. The lowest BCUT2D eigenvalue weighted by Crippen LogP contribution is -2.42. The minimum absolute atomic E-state index is 0.263. The Labute approximate surface area is 163 Å². The average molecular weight is 394 g/mol. The quantitative estimate of drug-likeness (QED) is 0.512. The van der Waals surface area contributed by atoms with Crippen molar-refractivity contribution in [1.29, 1.82) is 0 Å². The summed E-state index contributed by atoms with van der Waals surface area (Å²) in [6, 6.07) is 11.8. The molecule has 3 aromatic heterocycles. The number of rotatable bonds is 2. The van der Waals surface area contributed by atoms with Crippen LogP contribution >= 0.6 is 11.6 Å². The Bertz CT molecular complexity index is 1240. The van der Waals surface area contributed by atoms with Crippen LogP contribution in [0.4, 0.5) is 11.8 Å². The van der Waals surface area contributed by atoms with E-state index in [1.165, 1.54) is 0 Å². The first kappa shape index (κ1) is 15.5. The summed E-state index contributed by atoms with van der Waals surface area (Å²) in [5.41, 5.74) is 1.94. The summed E-state index contributed by atoms with van der Waals surface area (Å²) >= 11 is 6.36. The minimum Gasteiger partial charge on any atom is -0.458 e. The van der Waals surface area contributed by atoms with Crippen LogP contribution in [0.3, 0.4) is 0 Å². The molecule has 0 spiro atoms. The number of hydrogen-bond acceptors (Lipinski definition) is 8. The van der Waals surface area contributed by atoms with Gasteiger partial charge in [0.15, 0.2) is 17.7 Å². The molecule has 1 aromatic carbocycles. The van der Waals surface area contributed by atoms with E-state index in [2.05, 4.69) is 20.1 Å². The molecule has 9 nitrogen and oxygen atoms in total. The van der Waals surface area contributed by atoms with Crippen LogP contribution in [0.25, 0.3) is 17.3 Å². The summed E-state index contributed by atoms with van der Waals surface area (Å²) in [5.74, 6) is 2.43. The van der Waals surface area contributed by atoms with Crippen molar-refractivity contribution >= 4 is 29.8 Å². The number of aliphatic imine (C=N–C) groups is 1. The lowest BCUT2D eigenvalue weighted by Gasteiger charge is -2.35. The number of aromatic nitrogens is 4. The maximum atomic E-state index is 6.36. The Morgan fingerprint density at radius 2 is 2.04 bits per heavy atom. The highest BCUT2D eigenvalue weighted by Crippen LogP contribution is 2.44. The third kappa shape index (κ3) is 2.01. The first-order valence-electron chi connectivity index (χ1n) is 8.55. The van der Waals surface area contributed by atoms with Crippen LogP contribution in [0.2, 0.25) is 5.28 Å². The zero-order chi connectivity index (χ0) is 18.8. The molecule has 28 heavy (non-hydrogen) atoms. The molecule has 2 aliphatic rings. The van der Waals surface area contributed by atoms with E-state index in [0.717, 1.165) is 22.8 Å². The summed E-state index contributed by atoms with van der Waals surface area (Å²) in [6.07, 6.45) is 3.07. The number of hydrogen-bond donors (Lipinski definition) is 0. The molecule has 0 saturated heterocycles. The van der Waals surface area contributed by atoms with Crippen molar-refractivity contribution in [1.82, 2.24) is 19.7 Å². The van der Waals surface area contributed by atoms with Gasteiger partial charge < -0.3 is 8.94 Å². The second kappa shape index (κ2) is 5.46. The third-order valence-corrected chi connectivity index (χ3v) is 5.01. The van der Waals surface area contributed by atoms with Crippen molar-refractivity contribution in [2.24, 2.45) is 4.99 Å². The molecule has 4 aromatic rings. The van der Waals surface area contributed by atoms with Gasteiger partial charge in [0.2, 0.25) is 11.1 Å². The summed E-state index contributed by atoms with van der Waals surface area (Å²) < 4.78 is 12.9. The Hall–Kier alpha value is -3.59. The highest BCUT2D eigenvalue weighted by atomic mass is 35.5. The van der Waals surface area contributed by atoms with Crippen LogP contribution in [0.5, 0.6) is 0 Å². The average Bonchev–Trinajstić information content (AvgIpc) is 3.47. The first-order valence-corrected chi connectivity index (χ1v) is 8.93. The van der Waals surface area contributed by atoms with Crippen LogP contribution in [0, 0.1) is 6.92 Å². The fraction of sp³-hybridized carbons (Fsp3) is 0.111. The minimum atomic E-state index is -0.280. The van der Waals surface area contributed by atoms with Gasteiger partial charge in [0.05, 0.1) is 11.9 Å². The molecule has 138 valence electrons. The Morgan fingerprint density at radius 3 is 2.89 bits per heavy atom. The number of nitrogens with zero attached hydrogens (tertiary/aromatic N) is 7. The number of hydrazine groups is 1. The van der Waals surface area contributed by atoms with Gasteiger partial charge in [-0.25, -0.2) is 15.0 Å². The fourth-order valence-corrected chi connectivity index (χ4v) is 3.76. The molecule has 0 amide bonds. The van der Waals surface area contributed by atoms with E-state index in [-0.39, 0.29) is 12.2 Å². The highest BCUT2D eigenvalue weighted by molar-refractivity contribution is 6.29. The highest BCUT2D eigenvalue weighted by Gasteiger charge is 2.41. The molecule has 1 unspecified atom stereocenters. The maximum Gasteiger partial charge on any atom is 0.349 e. The number of para-hydroxylation sites is 1. The predicted molar refractivity (Wildman–Crippen MR) is 102 cm³/mol. The molecule has 0 aliphatic carbocycles. The van der Waals surface area contributed by atoms with Crippen molar-refractivity contribution in [2.75, 3.05) is 10.0 Å².